The summed E-state index contributed by atoms with van der Waals surface area (Å²) in [4.78, 5) is 161. The van der Waals surface area contributed by atoms with Gasteiger partial charge < -0.3 is 85.8 Å². The monoisotopic (exact) mass is 1210 g/mol. The number of hydrogen-bond acceptors (Lipinski definition) is 15. The van der Waals surface area contributed by atoms with Crippen LogP contribution in [0.5, 0.6) is 5.75 Å². The molecule has 0 aliphatic heterocycles. The maximum absolute atomic E-state index is 14.4. The van der Waals surface area contributed by atoms with E-state index in [-0.39, 0.29) is 68.9 Å². The van der Waals surface area contributed by atoms with Crippen molar-refractivity contribution in [3.05, 3.63) is 120 Å². The third kappa shape index (κ3) is 23.9. The van der Waals surface area contributed by atoms with E-state index >= 15 is 0 Å². The van der Waals surface area contributed by atoms with Gasteiger partial charge in [-0.1, -0.05) is 107 Å². The smallest absolute Gasteiger partial charge is 0.326 e. The Hall–Kier alpha value is -9.93. The van der Waals surface area contributed by atoms with Crippen LogP contribution in [-0.4, -0.2) is 157 Å². The lowest BCUT2D eigenvalue weighted by atomic mass is 9.96. The number of aromatic nitrogens is 2. The van der Waals surface area contributed by atoms with Crippen molar-refractivity contribution in [2.45, 2.75) is 140 Å². The largest absolute Gasteiger partial charge is 0.508 e. The van der Waals surface area contributed by atoms with Crippen LogP contribution in [0, 0.1) is 11.8 Å². The minimum Gasteiger partial charge on any atom is -0.508 e. The first-order valence-electron chi connectivity index (χ1n) is 28.0. The van der Waals surface area contributed by atoms with Crippen LogP contribution in [0.25, 0.3) is 0 Å². The third-order valence-corrected chi connectivity index (χ3v) is 13.8. The number of carboxylic acids is 2. The average Bonchev–Trinajstić information content (AvgIpc) is 2.93. The standard InChI is InChI=1S/C58H79N15O14/c1-5-32(4)48(56(85)70-40(24-34-15-10-7-11-16-34)50(79)66-39(57(86)87)17-12-22-64-58(61)62)73-54(83)44(28-46(76)77)69-52(81)43(27-45(60)75)68-51(80)42(26-36-29-63-30-65-36)71-55(84)47(31(2)3)72-53(82)41(25-35-18-20-37(74)21-19-35)67-49(78)38(59)23-33-13-8-6-9-14-33/h6-11,13-16,18-21,29-32,38-44,47-48,74H,5,12,17,22-28,59H2,1-4H3,(H2,60,75)(H,63,65)(H,66,79)(H,67,78)(H,68,80)(H,69,81)(H,70,85)(H,71,84)(H,72,82)(H,73,83)(H,76,77)(H,86,87)(H4,61,62,64)/t32-,38-,39-,40-,41-,42-,43-,44-,47-,48-/m0/s1. The van der Waals surface area contributed by atoms with E-state index in [1.807, 2.05) is 0 Å². The van der Waals surface area contributed by atoms with Crippen molar-refractivity contribution in [1.29, 1.82) is 0 Å². The van der Waals surface area contributed by atoms with E-state index in [0.29, 0.717) is 11.1 Å². The Morgan fingerprint density at radius 1 is 0.540 bits per heavy atom. The van der Waals surface area contributed by atoms with Gasteiger partial charge in [0.2, 0.25) is 53.2 Å². The highest BCUT2D eigenvalue weighted by atomic mass is 16.4. The van der Waals surface area contributed by atoms with E-state index in [9.17, 15) is 68.1 Å². The van der Waals surface area contributed by atoms with Crippen LogP contribution in [-0.2, 0) is 78.4 Å². The van der Waals surface area contributed by atoms with Gasteiger partial charge in [0.25, 0.3) is 0 Å². The lowest BCUT2D eigenvalue weighted by Crippen LogP contribution is -2.62. The number of phenols is 1. The number of imidazole rings is 1. The molecule has 470 valence electrons. The molecular weight excluding hydrogens is 1130 g/mol. The predicted octanol–water partition coefficient (Wildman–Crippen LogP) is -2.22. The molecule has 4 rings (SSSR count). The van der Waals surface area contributed by atoms with Crippen LogP contribution in [0.4, 0.5) is 0 Å². The van der Waals surface area contributed by atoms with Crippen molar-refractivity contribution in [2.75, 3.05) is 6.54 Å². The van der Waals surface area contributed by atoms with Crippen molar-refractivity contribution in [2.24, 2.45) is 39.8 Å². The summed E-state index contributed by atoms with van der Waals surface area (Å²) in [6.45, 7) is 6.48. The second kappa shape index (κ2) is 34.7. The fourth-order valence-electron chi connectivity index (χ4n) is 8.84. The Kier molecular flexibility index (Phi) is 27.8. The molecule has 0 spiro atoms. The van der Waals surface area contributed by atoms with Gasteiger partial charge in [-0.05, 0) is 59.9 Å². The normalized spacial score (nSPS) is 14.5. The number of aromatic hydroxyl groups is 1. The number of benzene rings is 3. The molecule has 0 fully saturated rings. The minimum absolute atomic E-state index is 0.0538. The highest BCUT2D eigenvalue weighted by Gasteiger charge is 2.38. The van der Waals surface area contributed by atoms with Gasteiger partial charge in [-0.15, -0.1) is 0 Å². The molecule has 0 unspecified atom stereocenters. The molecule has 0 bridgehead atoms. The number of nitrogens with one attached hydrogen (secondary N) is 9. The van der Waals surface area contributed by atoms with Gasteiger partial charge in [0.05, 0.1) is 25.2 Å². The van der Waals surface area contributed by atoms with Gasteiger partial charge in [0, 0.05) is 37.7 Å². The Morgan fingerprint density at radius 2 is 0.989 bits per heavy atom. The fourth-order valence-corrected chi connectivity index (χ4v) is 8.84. The van der Waals surface area contributed by atoms with Gasteiger partial charge in [-0.2, -0.15) is 0 Å². The lowest BCUT2D eigenvalue weighted by Gasteiger charge is -2.29. The number of nitrogens with two attached hydrogens (primary N) is 4. The number of guanidine groups is 1. The molecule has 20 N–H and O–H groups in total. The number of amides is 9. The van der Waals surface area contributed by atoms with Crippen LogP contribution in [0.3, 0.4) is 0 Å². The third-order valence-electron chi connectivity index (χ3n) is 13.8. The number of aliphatic carboxylic acids is 2. The van der Waals surface area contributed by atoms with E-state index in [2.05, 4.69) is 57.5 Å². The number of H-pyrrole nitrogens is 1. The molecular formula is C58H79N15O14. The number of phenolic OH excluding ortho intramolecular Hbond substituents is 1. The summed E-state index contributed by atoms with van der Waals surface area (Å²) < 4.78 is 0. The first-order valence-corrected chi connectivity index (χ1v) is 28.0. The summed E-state index contributed by atoms with van der Waals surface area (Å²) in [5.41, 5.74) is 24.7. The Labute approximate surface area is 501 Å². The van der Waals surface area contributed by atoms with E-state index in [4.69, 9.17) is 22.9 Å². The summed E-state index contributed by atoms with van der Waals surface area (Å²) in [7, 11) is 0. The van der Waals surface area contributed by atoms with E-state index in [1.54, 1.807) is 88.4 Å². The summed E-state index contributed by atoms with van der Waals surface area (Å²) in [6.07, 6.45) is 0.386. The Balaban J connectivity index is 1.57. The number of aliphatic imine (C=N–C) groups is 1. The summed E-state index contributed by atoms with van der Waals surface area (Å²) in [6, 6.07) is 9.39. The van der Waals surface area contributed by atoms with Crippen LogP contribution >= 0.6 is 0 Å². The van der Waals surface area contributed by atoms with Gasteiger partial charge in [0.1, 0.15) is 54.1 Å². The summed E-state index contributed by atoms with van der Waals surface area (Å²) in [5, 5.41) is 49.8. The SMILES string of the molecule is CC[C@H](C)[C@H](NC(=O)[C@H](CC(=O)O)NC(=O)[C@H](CC(N)=O)NC(=O)[C@H](Cc1cnc[nH]1)NC(=O)[C@@H](NC(=O)[C@H](Cc1ccc(O)cc1)NC(=O)[C@@H](N)Cc1ccccc1)C(C)C)C(=O)N[C@@H](Cc1ccccc1)C(=O)N[C@@H](CCCN=C(N)N)C(=O)O. The fraction of sp³-hybridized carbons (Fsp3) is 0.431. The molecule has 87 heavy (non-hydrogen) atoms. The molecule has 0 saturated carbocycles. The first-order chi connectivity index (χ1) is 41.2. The number of hydrogen-bond donors (Lipinski definition) is 16. The zero-order chi connectivity index (χ0) is 64.3. The zero-order valence-electron chi connectivity index (χ0n) is 48.7. The maximum atomic E-state index is 14.4. The highest BCUT2D eigenvalue weighted by Crippen LogP contribution is 2.16. The molecule has 29 heteroatoms. The Morgan fingerprint density at radius 3 is 1.48 bits per heavy atom. The molecule has 4 aromatic rings. The molecule has 0 radical (unpaired) electrons. The number of carboxylic acid groups (broad SMARTS) is 2. The molecule has 1 heterocycles. The van der Waals surface area contributed by atoms with E-state index in [1.165, 1.54) is 36.8 Å². The van der Waals surface area contributed by atoms with Crippen LogP contribution < -0.4 is 65.5 Å². The molecule has 3 aromatic carbocycles. The van der Waals surface area contributed by atoms with Crippen LogP contribution in [0.15, 0.2) is 102 Å². The number of carbonyl (C=O) groups excluding carboxylic acids is 9. The van der Waals surface area contributed by atoms with Gasteiger partial charge >= 0.3 is 11.9 Å². The second-order valence-corrected chi connectivity index (χ2v) is 21.2. The molecule has 10 atom stereocenters. The van der Waals surface area contributed by atoms with Crippen molar-refractivity contribution in [3.8, 4) is 5.75 Å². The van der Waals surface area contributed by atoms with Crippen molar-refractivity contribution >= 4 is 71.1 Å². The molecule has 0 saturated heterocycles. The van der Waals surface area contributed by atoms with Crippen LogP contribution in [0.2, 0.25) is 0 Å². The zero-order valence-corrected chi connectivity index (χ0v) is 48.7. The van der Waals surface area contributed by atoms with Crippen LogP contribution in [0.1, 0.15) is 82.2 Å². The number of aromatic amines is 1. The van der Waals surface area contributed by atoms with E-state index in [0.717, 1.165) is 5.56 Å². The van der Waals surface area contributed by atoms with Crippen molar-refractivity contribution in [3.63, 3.8) is 0 Å². The molecule has 0 aliphatic rings. The quantitative estimate of drug-likeness (QED) is 0.0130. The number of primary amides is 1. The molecule has 9 amide bonds. The minimum atomic E-state index is -2.00. The summed E-state index contributed by atoms with van der Waals surface area (Å²) >= 11 is 0. The van der Waals surface area contributed by atoms with Gasteiger partial charge in [0.15, 0.2) is 5.96 Å². The molecule has 1 aromatic heterocycles. The number of carbonyl (C=O) groups is 11. The maximum Gasteiger partial charge on any atom is 0.326 e. The molecule has 0 aliphatic carbocycles. The summed E-state index contributed by atoms with van der Waals surface area (Å²) in [5.74, 6) is -13.7. The topological polar surface area (TPSA) is 490 Å². The number of rotatable bonds is 36. The number of nitrogens with zero attached hydrogens (tertiary/aromatic N) is 2. The van der Waals surface area contributed by atoms with Gasteiger partial charge in [-0.25, -0.2) is 9.78 Å². The van der Waals surface area contributed by atoms with Crippen molar-refractivity contribution < 1.29 is 68.1 Å². The Bertz CT molecular complexity index is 3000. The average molecular weight is 1210 g/mol. The first kappa shape index (κ1) is 69.6. The highest BCUT2D eigenvalue weighted by molar-refractivity contribution is 6.00. The van der Waals surface area contributed by atoms with E-state index < -0.39 is 144 Å². The predicted molar refractivity (Wildman–Crippen MR) is 316 cm³/mol. The van der Waals surface area contributed by atoms with Crippen molar-refractivity contribution in [1.82, 2.24) is 52.5 Å². The second-order valence-electron chi connectivity index (χ2n) is 21.2. The molecule has 29 nitrogen and oxygen atoms in total. The van der Waals surface area contributed by atoms with Gasteiger partial charge in [-0.3, -0.25) is 52.9 Å². The lowest BCUT2D eigenvalue weighted by molar-refractivity contribution is -0.142.